The van der Waals surface area contributed by atoms with Crippen molar-refractivity contribution in [1.82, 2.24) is 10.6 Å². The summed E-state index contributed by atoms with van der Waals surface area (Å²) in [7, 11) is 0. The van der Waals surface area contributed by atoms with Gasteiger partial charge in [0.25, 0.3) is 0 Å². The Hall–Kier alpha value is -0.930. The molecule has 0 spiro atoms. The summed E-state index contributed by atoms with van der Waals surface area (Å²) in [6.45, 7) is 6.30. The minimum absolute atomic E-state index is 0.164. The zero-order chi connectivity index (χ0) is 13.1. The van der Waals surface area contributed by atoms with Crippen LogP contribution in [0.5, 0.6) is 0 Å². The van der Waals surface area contributed by atoms with Gasteiger partial charge in [-0.05, 0) is 43.6 Å². The number of hydrogen-bond donors (Lipinski definition) is 2. The number of unbranched alkanes of at least 4 members (excludes halogenated alkanes) is 2. The molecule has 0 fully saturated rings. The number of halogens is 1. The number of benzene rings is 1. The molecule has 0 radical (unpaired) electrons. The van der Waals surface area contributed by atoms with E-state index in [-0.39, 0.29) is 5.82 Å². The SMILES string of the molecule is CCCCCNCCNCCc1ccc(F)cc1. The Bertz CT molecular complexity index is 298. The van der Waals surface area contributed by atoms with Crippen molar-refractivity contribution in [1.29, 1.82) is 0 Å². The second-order valence-corrected chi connectivity index (χ2v) is 4.58. The first-order valence-corrected chi connectivity index (χ1v) is 6.99. The maximum absolute atomic E-state index is 12.7. The van der Waals surface area contributed by atoms with Gasteiger partial charge in [0, 0.05) is 13.1 Å². The molecule has 2 nitrogen and oxygen atoms in total. The third-order valence-electron chi connectivity index (χ3n) is 2.94. The van der Waals surface area contributed by atoms with Crippen molar-refractivity contribution in [3.63, 3.8) is 0 Å². The summed E-state index contributed by atoms with van der Waals surface area (Å²) in [5.74, 6) is -0.164. The lowest BCUT2D eigenvalue weighted by atomic mass is 10.1. The zero-order valence-corrected chi connectivity index (χ0v) is 11.3. The molecule has 0 saturated carbocycles. The van der Waals surface area contributed by atoms with E-state index in [9.17, 15) is 4.39 Å². The summed E-state index contributed by atoms with van der Waals surface area (Å²) in [4.78, 5) is 0. The van der Waals surface area contributed by atoms with E-state index in [1.807, 2.05) is 12.1 Å². The smallest absolute Gasteiger partial charge is 0.123 e. The molecular weight excluding hydrogens is 227 g/mol. The normalized spacial score (nSPS) is 10.8. The number of nitrogens with one attached hydrogen (secondary N) is 2. The van der Waals surface area contributed by atoms with Crippen LogP contribution in [0, 0.1) is 5.82 Å². The highest BCUT2D eigenvalue weighted by molar-refractivity contribution is 5.16. The van der Waals surface area contributed by atoms with Crippen molar-refractivity contribution in [3.8, 4) is 0 Å². The third kappa shape index (κ3) is 7.41. The Balaban J connectivity index is 1.91. The molecule has 1 aromatic carbocycles. The van der Waals surface area contributed by atoms with Crippen molar-refractivity contribution in [2.75, 3.05) is 26.2 Å². The van der Waals surface area contributed by atoms with Crippen LogP contribution in [0.15, 0.2) is 24.3 Å². The lowest BCUT2D eigenvalue weighted by Crippen LogP contribution is -2.29. The van der Waals surface area contributed by atoms with Crippen LogP contribution in [0.2, 0.25) is 0 Å². The van der Waals surface area contributed by atoms with E-state index in [0.717, 1.165) is 32.6 Å². The van der Waals surface area contributed by atoms with E-state index < -0.39 is 0 Å². The maximum atomic E-state index is 12.7. The first-order chi connectivity index (χ1) is 8.83. The lowest BCUT2D eigenvalue weighted by molar-refractivity contribution is 0.582. The third-order valence-corrected chi connectivity index (χ3v) is 2.94. The first-order valence-electron chi connectivity index (χ1n) is 6.99. The molecule has 1 aromatic rings. The van der Waals surface area contributed by atoms with Crippen LogP contribution >= 0.6 is 0 Å². The van der Waals surface area contributed by atoms with E-state index in [1.54, 1.807) is 0 Å². The van der Waals surface area contributed by atoms with Crippen LogP contribution in [-0.2, 0) is 6.42 Å². The van der Waals surface area contributed by atoms with Crippen LogP contribution in [0.3, 0.4) is 0 Å². The van der Waals surface area contributed by atoms with Crippen LogP contribution in [-0.4, -0.2) is 26.2 Å². The number of rotatable bonds is 10. The average Bonchev–Trinajstić information content (AvgIpc) is 2.39. The topological polar surface area (TPSA) is 24.1 Å². The Morgan fingerprint density at radius 2 is 1.56 bits per heavy atom. The molecule has 0 heterocycles. The standard InChI is InChI=1S/C15H25FN2/c1-2-3-4-10-17-12-13-18-11-9-14-5-7-15(16)8-6-14/h5-8,17-18H,2-4,9-13H2,1H3. The minimum Gasteiger partial charge on any atom is -0.315 e. The summed E-state index contributed by atoms with van der Waals surface area (Å²) in [6, 6.07) is 6.73. The summed E-state index contributed by atoms with van der Waals surface area (Å²) < 4.78 is 12.7. The molecule has 1 rings (SSSR count). The van der Waals surface area contributed by atoms with Gasteiger partial charge in [-0.3, -0.25) is 0 Å². The summed E-state index contributed by atoms with van der Waals surface area (Å²) in [6.07, 6.45) is 4.81. The molecular formula is C15H25FN2. The molecule has 0 aromatic heterocycles. The van der Waals surface area contributed by atoms with Crippen molar-refractivity contribution in [2.45, 2.75) is 32.6 Å². The van der Waals surface area contributed by atoms with Crippen LogP contribution < -0.4 is 10.6 Å². The van der Waals surface area contributed by atoms with Gasteiger partial charge in [-0.15, -0.1) is 0 Å². The quantitative estimate of drug-likeness (QED) is 0.626. The predicted molar refractivity (Wildman–Crippen MR) is 75.4 cm³/mol. The maximum Gasteiger partial charge on any atom is 0.123 e. The molecule has 0 unspecified atom stereocenters. The largest absolute Gasteiger partial charge is 0.315 e. The molecule has 0 bridgehead atoms. The molecule has 2 N–H and O–H groups in total. The van der Waals surface area contributed by atoms with Gasteiger partial charge in [0.15, 0.2) is 0 Å². The van der Waals surface area contributed by atoms with Gasteiger partial charge in [-0.2, -0.15) is 0 Å². The summed E-state index contributed by atoms with van der Waals surface area (Å²) >= 11 is 0. The molecule has 0 aliphatic carbocycles. The molecule has 0 amide bonds. The Labute approximate surface area is 110 Å². The zero-order valence-electron chi connectivity index (χ0n) is 11.3. The highest BCUT2D eigenvalue weighted by Crippen LogP contribution is 2.02. The highest BCUT2D eigenvalue weighted by atomic mass is 19.1. The van der Waals surface area contributed by atoms with Crippen molar-refractivity contribution in [2.24, 2.45) is 0 Å². The summed E-state index contributed by atoms with van der Waals surface area (Å²) in [5.41, 5.74) is 1.18. The molecule has 0 atom stereocenters. The van der Waals surface area contributed by atoms with Crippen LogP contribution in [0.25, 0.3) is 0 Å². The fourth-order valence-electron chi connectivity index (χ4n) is 1.81. The lowest BCUT2D eigenvalue weighted by Gasteiger charge is -2.06. The Morgan fingerprint density at radius 3 is 2.22 bits per heavy atom. The van der Waals surface area contributed by atoms with Gasteiger partial charge in [0.1, 0.15) is 5.82 Å². The predicted octanol–water partition coefficient (Wildman–Crippen LogP) is 2.74. The monoisotopic (exact) mass is 252 g/mol. The van der Waals surface area contributed by atoms with Crippen molar-refractivity contribution < 1.29 is 4.39 Å². The average molecular weight is 252 g/mol. The van der Waals surface area contributed by atoms with E-state index in [2.05, 4.69) is 17.6 Å². The van der Waals surface area contributed by atoms with Crippen molar-refractivity contribution >= 4 is 0 Å². The molecule has 0 aliphatic heterocycles. The fraction of sp³-hybridized carbons (Fsp3) is 0.600. The van der Waals surface area contributed by atoms with Crippen LogP contribution in [0.4, 0.5) is 4.39 Å². The number of hydrogen-bond acceptors (Lipinski definition) is 2. The first kappa shape index (κ1) is 15.1. The van der Waals surface area contributed by atoms with E-state index in [0.29, 0.717) is 0 Å². The molecule has 3 heteroatoms. The molecule has 0 aliphatic rings. The van der Waals surface area contributed by atoms with Gasteiger partial charge in [-0.1, -0.05) is 31.9 Å². The van der Waals surface area contributed by atoms with Gasteiger partial charge in [-0.25, -0.2) is 4.39 Å². The molecule has 18 heavy (non-hydrogen) atoms. The van der Waals surface area contributed by atoms with E-state index in [1.165, 1.54) is 37.0 Å². The Morgan fingerprint density at radius 1 is 0.889 bits per heavy atom. The van der Waals surface area contributed by atoms with Crippen LogP contribution in [0.1, 0.15) is 31.7 Å². The van der Waals surface area contributed by atoms with Crippen molar-refractivity contribution in [3.05, 3.63) is 35.6 Å². The van der Waals surface area contributed by atoms with Gasteiger partial charge >= 0.3 is 0 Å². The summed E-state index contributed by atoms with van der Waals surface area (Å²) in [5, 5.41) is 6.80. The van der Waals surface area contributed by atoms with Gasteiger partial charge in [0.05, 0.1) is 0 Å². The van der Waals surface area contributed by atoms with Gasteiger partial charge in [0.2, 0.25) is 0 Å². The molecule has 0 saturated heterocycles. The second kappa shape index (κ2) is 10.0. The Kier molecular flexibility index (Phi) is 8.43. The highest BCUT2D eigenvalue weighted by Gasteiger charge is 1.94. The van der Waals surface area contributed by atoms with E-state index >= 15 is 0 Å². The second-order valence-electron chi connectivity index (χ2n) is 4.58. The minimum atomic E-state index is -0.164. The van der Waals surface area contributed by atoms with Gasteiger partial charge < -0.3 is 10.6 Å². The fourth-order valence-corrected chi connectivity index (χ4v) is 1.81. The molecule has 102 valence electrons. The van der Waals surface area contributed by atoms with E-state index in [4.69, 9.17) is 0 Å².